The van der Waals surface area contributed by atoms with Crippen molar-refractivity contribution < 1.29 is 4.79 Å². The summed E-state index contributed by atoms with van der Waals surface area (Å²) in [4.78, 5) is 14.3. The fraction of sp³-hybridized carbons (Fsp3) is 0.929. The lowest BCUT2D eigenvalue weighted by Crippen LogP contribution is -2.48. The molecule has 1 aliphatic carbocycles. The van der Waals surface area contributed by atoms with E-state index in [-0.39, 0.29) is 5.54 Å². The van der Waals surface area contributed by atoms with Crippen molar-refractivity contribution in [2.45, 2.75) is 63.8 Å². The van der Waals surface area contributed by atoms with Gasteiger partial charge in [-0.15, -0.1) is 0 Å². The number of carbonyl (C=O) groups excluding carboxylic acids is 1. The number of likely N-dealkylation sites (tertiary alicyclic amines) is 1. The third-order valence-electron chi connectivity index (χ3n) is 4.36. The van der Waals surface area contributed by atoms with Crippen LogP contribution in [0.3, 0.4) is 0 Å². The van der Waals surface area contributed by atoms with Crippen molar-refractivity contribution in [3.63, 3.8) is 0 Å². The van der Waals surface area contributed by atoms with Gasteiger partial charge in [-0.3, -0.25) is 4.79 Å². The van der Waals surface area contributed by atoms with Gasteiger partial charge in [0.05, 0.1) is 0 Å². The summed E-state index contributed by atoms with van der Waals surface area (Å²) in [6.45, 7) is 4.12. The maximum atomic E-state index is 12.3. The molecule has 2 rings (SSSR count). The zero-order valence-electron chi connectivity index (χ0n) is 11.1. The first-order valence-corrected chi connectivity index (χ1v) is 7.16. The van der Waals surface area contributed by atoms with Gasteiger partial charge in [0.1, 0.15) is 0 Å². The van der Waals surface area contributed by atoms with E-state index in [1.807, 2.05) is 4.90 Å². The van der Waals surface area contributed by atoms with Crippen LogP contribution in [-0.2, 0) is 4.79 Å². The molecule has 1 aliphatic heterocycles. The fourth-order valence-electron chi connectivity index (χ4n) is 3.26. The SMILES string of the molecule is CC1CCCN(C(=O)CC2(N)CCCCC2)C1. The van der Waals surface area contributed by atoms with Crippen molar-refractivity contribution in [2.24, 2.45) is 11.7 Å². The molecule has 0 spiro atoms. The molecule has 1 atom stereocenters. The highest BCUT2D eigenvalue weighted by Gasteiger charge is 2.32. The maximum absolute atomic E-state index is 12.3. The van der Waals surface area contributed by atoms with Crippen molar-refractivity contribution in [2.75, 3.05) is 13.1 Å². The summed E-state index contributed by atoms with van der Waals surface area (Å²) in [6.07, 6.45) is 8.72. The number of nitrogens with two attached hydrogens (primary N) is 1. The quantitative estimate of drug-likeness (QED) is 0.802. The normalized spacial score (nSPS) is 29.1. The monoisotopic (exact) mass is 238 g/mol. The summed E-state index contributed by atoms with van der Waals surface area (Å²) in [7, 11) is 0. The third-order valence-corrected chi connectivity index (χ3v) is 4.36. The molecule has 0 aromatic carbocycles. The fourth-order valence-corrected chi connectivity index (χ4v) is 3.26. The molecule has 0 aromatic heterocycles. The van der Waals surface area contributed by atoms with Crippen molar-refractivity contribution in [3.05, 3.63) is 0 Å². The second kappa shape index (κ2) is 5.38. The van der Waals surface area contributed by atoms with Gasteiger partial charge in [-0.25, -0.2) is 0 Å². The molecule has 17 heavy (non-hydrogen) atoms. The van der Waals surface area contributed by atoms with Gasteiger partial charge in [0.15, 0.2) is 0 Å². The summed E-state index contributed by atoms with van der Waals surface area (Å²) in [5.74, 6) is 0.953. The lowest BCUT2D eigenvalue weighted by molar-refractivity contribution is -0.134. The van der Waals surface area contributed by atoms with E-state index in [2.05, 4.69) is 6.92 Å². The lowest BCUT2D eigenvalue weighted by atomic mass is 9.80. The first-order chi connectivity index (χ1) is 8.09. The van der Waals surface area contributed by atoms with Gasteiger partial charge >= 0.3 is 0 Å². The Hall–Kier alpha value is -0.570. The van der Waals surface area contributed by atoms with Crippen LogP contribution in [0, 0.1) is 5.92 Å². The highest BCUT2D eigenvalue weighted by atomic mass is 16.2. The van der Waals surface area contributed by atoms with Crippen LogP contribution in [0.2, 0.25) is 0 Å². The Bertz CT molecular complexity index is 271. The lowest BCUT2D eigenvalue weighted by Gasteiger charge is -2.37. The minimum Gasteiger partial charge on any atom is -0.342 e. The highest BCUT2D eigenvalue weighted by Crippen LogP contribution is 2.29. The van der Waals surface area contributed by atoms with Gasteiger partial charge in [-0.05, 0) is 31.6 Å². The molecule has 0 aromatic rings. The van der Waals surface area contributed by atoms with Crippen LogP contribution < -0.4 is 5.73 Å². The van der Waals surface area contributed by atoms with Crippen molar-refractivity contribution >= 4 is 5.91 Å². The number of amides is 1. The third kappa shape index (κ3) is 3.44. The van der Waals surface area contributed by atoms with Crippen LogP contribution in [0.1, 0.15) is 58.3 Å². The predicted molar refractivity (Wildman–Crippen MR) is 69.6 cm³/mol. The molecule has 1 saturated heterocycles. The summed E-state index contributed by atoms with van der Waals surface area (Å²) in [5, 5.41) is 0. The van der Waals surface area contributed by atoms with Gasteiger partial charge in [-0.2, -0.15) is 0 Å². The molecular formula is C14H26N2O. The zero-order valence-corrected chi connectivity index (χ0v) is 11.1. The number of rotatable bonds is 2. The standard InChI is InChI=1S/C14H26N2O/c1-12-6-5-9-16(11-12)13(17)10-14(15)7-3-2-4-8-14/h12H,2-11,15H2,1H3. The molecular weight excluding hydrogens is 212 g/mol. The summed E-state index contributed by atoms with van der Waals surface area (Å²) >= 11 is 0. The number of hydrogen-bond acceptors (Lipinski definition) is 2. The van der Waals surface area contributed by atoms with Gasteiger partial charge in [0.2, 0.25) is 5.91 Å². The smallest absolute Gasteiger partial charge is 0.224 e. The molecule has 98 valence electrons. The van der Waals surface area contributed by atoms with Gasteiger partial charge in [0, 0.05) is 25.0 Å². The van der Waals surface area contributed by atoms with E-state index < -0.39 is 0 Å². The molecule has 1 saturated carbocycles. The van der Waals surface area contributed by atoms with E-state index in [0.29, 0.717) is 18.2 Å². The van der Waals surface area contributed by atoms with E-state index in [1.165, 1.54) is 25.7 Å². The minimum absolute atomic E-state index is 0.198. The van der Waals surface area contributed by atoms with Crippen LogP contribution in [0.5, 0.6) is 0 Å². The Morgan fingerprint density at radius 3 is 2.65 bits per heavy atom. The van der Waals surface area contributed by atoms with E-state index in [9.17, 15) is 4.79 Å². The summed E-state index contributed by atoms with van der Waals surface area (Å²) in [6, 6.07) is 0. The summed E-state index contributed by atoms with van der Waals surface area (Å²) < 4.78 is 0. The first kappa shape index (κ1) is 12.9. The Kier molecular flexibility index (Phi) is 4.08. The molecule has 1 amide bonds. The van der Waals surface area contributed by atoms with Crippen molar-refractivity contribution in [1.29, 1.82) is 0 Å². The summed E-state index contributed by atoms with van der Waals surface area (Å²) in [5.41, 5.74) is 6.16. The van der Waals surface area contributed by atoms with Gasteiger partial charge in [-0.1, -0.05) is 26.2 Å². The van der Waals surface area contributed by atoms with Crippen LogP contribution in [0.15, 0.2) is 0 Å². The van der Waals surface area contributed by atoms with E-state index in [1.54, 1.807) is 0 Å². The van der Waals surface area contributed by atoms with E-state index in [0.717, 1.165) is 32.4 Å². The molecule has 2 N–H and O–H groups in total. The highest BCUT2D eigenvalue weighted by molar-refractivity contribution is 5.77. The van der Waals surface area contributed by atoms with Crippen LogP contribution in [0.4, 0.5) is 0 Å². The Morgan fingerprint density at radius 2 is 2.00 bits per heavy atom. The van der Waals surface area contributed by atoms with Crippen LogP contribution in [-0.4, -0.2) is 29.4 Å². The molecule has 2 aliphatic rings. The first-order valence-electron chi connectivity index (χ1n) is 7.16. The second-order valence-corrected chi connectivity index (χ2v) is 6.19. The molecule has 3 nitrogen and oxygen atoms in total. The number of nitrogens with zero attached hydrogens (tertiary/aromatic N) is 1. The van der Waals surface area contributed by atoms with Gasteiger partial charge < -0.3 is 10.6 Å². The Labute approximate surface area is 105 Å². The van der Waals surface area contributed by atoms with Gasteiger partial charge in [0.25, 0.3) is 0 Å². The minimum atomic E-state index is -0.198. The van der Waals surface area contributed by atoms with Crippen molar-refractivity contribution in [1.82, 2.24) is 4.90 Å². The van der Waals surface area contributed by atoms with E-state index in [4.69, 9.17) is 5.73 Å². The topological polar surface area (TPSA) is 46.3 Å². The molecule has 2 fully saturated rings. The van der Waals surface area contributed by atoms with Crippen LogP contribution in [0.25, 0.3) is 0 Å². The number of hydrogen-bond donors (Lipinski definition) is 1. The average Bonchev–Trinajstić information content (AvgIpc) is 2.29. The maximum Gasteiger partial charge on any atom is 0.224 e. The largest absolute Gasteiger partial charge is 0.342 e. The molecule has 1 unspecified atom stereocenters. The number of piperidine rings is 1. The van der Waals surface area contributed by atoms with Crippen molar-refractivity contribution in [3.8, 4) is 0 Å². The molecule has 1 heterocycles. The molecule has 3 heteroatoms. The average molecular weight is 238 g/mol. The Morgan fingerprint density at radius 1 is 1.29 bits per heavy atom. The molecule has 0 radical (unpaired) electrons. The Balaban J connectivity index is 1.87. The predicted octanol–water partition coefficient (Wildman–Crippen LogP) is 2.30. The van der Waals surface area contributed by atoms with Crippen LogP contribution >= 0.6 is 0 Å². The number of carbonyl (C=O) groups is 1. The zero-order chi connectivity index (χ0) is 12.3. The van der Waals surface area contributed by atoms with E-state index >= 15 is 0 Å². The second-order valence-electron chi connectivity index (χ2n) is 6.19. The molecule has 0 bridgehead atoms.